The van der Waals surface area contributed by atoms with Crippen LogP contribution in [0.3, 0.4) is 0 Å². The summed E-state index contributed by atoms with van der Waals surface area (Å²) < 4.78 is 4.46. The van der Waals surface area contributed by atoms with Crippen LogP contribution in [-0.4, -0.2) is 46.3 Å². The molecule has 0 bridgehead atoms. The van der Waals surface area contributed by atoms with Crippen LogP contribution in [-0.2, 0) is 23.9 Å². The molecule has 0 rings (SSSR count). The molecule has 3 N–H and O–H groups in total. The quantitative estimate of drug-likeness (QED) is 0.267. The maximum absolute atomic E-state index is 10.6. The van der Waals surface area contributed by atoms with Crippen molar-refractivity contribution in [2.75, 3.05) is 7.11 Å². The Morgan fingerprint density at radius 1 is 0.519 bits per heavy atom. The van der Waals surface area contributed by atoms with Crippen LogP contribution in [0.5, 0.6) is 0 Å². The number of carboxylic acids is 3. The highest BCUT2D eigenvalue weighted by molar-refractivity contribution is 5.69. The lowest BCUT2D eigenvalue weighted by Crippen LogP contribution is -1.99. The average Bonchev–Trinajstić information content (AvgIpc) is 2.59. The number of hydrogen-bond donors (Lipinski definition) is 3. The lowest BCUT2D eigenvalue weighted by Gasteiger charge is -1.98. The number of unbranched alkanes of at least 4 members (excludes halogenated alkanes) is 8. The number of aliphatic carboxylic acids is 3. The Bertz CT molecular complexity index is 400. The third-order valence-corrected chi connectivity index (χ3v) is 3.78. The van der Waals surface area contributed by atoms with Crippen molar-refractivity contribution in [2.24, 2.45) is 0 Å². The number of esters is 1. The van der Waals surface area contributed by atoms with E-state index in [1.165, 1.54) is 7.11 Å². The number of carbonyl (C=O) groups is 4. The molecular formula is C19H34O8. The summed E-state index contributed by atoms with van der Waals surface area (Å²) in [6.07, 6.45) is 9.71. The van der Waals surface area contributed by atoms with E-state index in [0.29, 0.717) is 12.8 Å². The number of carbonyl (C=O) groups excluding carboxylic acids is 1. The molecule has 8 nitrogen and oxygen atoms in total. The van der Waals surface area contributed by atoms with E-state index in [2.05, 4.69) is 4.74 Å². The van der Waals surface area contributed by atoms with Gasteiger partial charge < -0.3 is 20.1 Å². The van der Waals surface area contributed by atoms with Crippen molar-refractivity contribution < 1.29 is 39.2 Å². The summed E-state index contributed by atoms with van der Waals surface area (Å²) in [6, 6.07) is 0. The second kappa shape index (κ2) is 20.2. The summed E-state index contributed by atoms with van der Waals surface area (Å²) >= 11 is 0. The summed E-state index contributed by atoms with van der Waals surface area (Å²) in [5.41, 5.74) is 0. The number of methoxy groups -OCH3 is 1. The van der Waals surface area contributed by atoms with E-state index in [-0.39, 0.29) is 25.2 Å². The lowest BCUT2D eigenvalue weighted by atomic mass is 10.1. The van der Waals surface area contributed by atoms with E-state index in [1.807, 2.05) is 0 Å². The molecule has 0 amide bonds. The van der Waals surface area contributed by atoms with Crippen molar-refractivity contribution in [3.63, 3.8) is 0 Å². The Kier molecular flexibility index (Phi) is 20.3. The minimum absolute atomic E-state index is 0.196. The molecule has 0 spiro atoms. The first kappa shape index (κ1) is 27.1. The van der Waals surface area contributed by atoms with E-state index in [4.69, 9.17) is 15.3 Å². The summed E-state index contributed by atoms with van der Waals surface area (Å²) in [5, 5.41) is 25.0. The molecule has 0 saturated heterocycles. The molecule has 27 heavy (non-hydrogen) atoms. The predicted molar refractivity (Wildman–Crippen MR) is 99.6 cm³/mol. The van der Waals surface area contributed by atoms with E-state index >= 15 is 0 Å². The zero-order chi connectivity index (χ0) is 20.9. The fraction of sp³-hybridized carbons (Fsp3) is 0.789. The number of rotatable bonds is 16. The van der Waals surface area contributed by atoms with Crippen LogP contribution in [0.1, 0.15) is 89.9 Å². The molecule has 0 aliphatic heterocycles. The van der Waals surface area contributed by atoms with Crippen molar-refractivity contribution in [3.05, 3.63) is 0 Å². The summed E-state index contributed by atoms with van der Waals surface area (Å²) in [4.78, 5) is 41.0. The minimum atomic E-state index is -0.757. The van der Waals surface area contributed by atoms with Gasteiger partial charge in [0.1, 0.15) is 0 Å². The minimum Gasteiger partial charge on any atom is -0.481 e. The first-order chi connectivity index (χ1) is 12.8. The third-order valence-electron chi connectivity index (χ3n) is 3.78. The third kappa shape index (κ3) is 28.9. The van der Waals surface area contributed by atoms with Gasteiger partial charge in [0.15, 0.2) is 0 Å². The van der Waals surface area contributed by atoms with Crippen molar-refractivity contribution >= 4 is 23.9 Å². The van der Waals surface area contributed by atoms with Gasteiger partial charge in [-0.25, -0.2) is 0 Å². The van der Waals surface area contributed by atoms with Gasteiger partial charge in [0.2, 0.25) is 0 Å². The topological polar surface area (TPSA) is 138 Å². The van der Waals surface area contributed by atoms with E-state index < -0.39 is 17.9 Å². The van der Waals surface area contributed by atoms with Gasteiger partial charge in [0.25, 0.3) is 0 Å². The standard InChI is InChI=1S/C10H18O4.C9H16O4/c11-9(12)7-5-3-1-2-4-6-8-10(13)14;1-13-9(12)7-5-3-2-4-6-8(10)11/h1-8H2,(H,11,12)(H,13,14);2-7H2,1H3,(H,10,11). The SMILES string of the molecule is COC(=O)CCCCCCC(=O)O.O=C(O)CCCCCCCCC(=O)O. The summed E-state index contributed by atoms with van der Waals surface area (Å²) in [7, 11) is 1.37. The molecule has 8 heteroatoms. The molecule has 158 valence electrons. The fourth-order valence-corrected chi connectivity index (χ4v) is 2.26. The van der Waals surface area contributed by atoms with E-state index in [0.717, 1.165) is 57.8 Å². The molecule has 0 radical (unpaired) electrons. The highest BCUT2D eigenvalue weighted by Gasteiger charge is 2.00. The zero-order valence-corrected chi connectivity index (χ0v) is 16.3. The first-order valence-electron chi connectivity index (χ1n) is 9.51. The van der Waals surface area contributed by atoms with Crippen LogP contribution in [0.15, 0.2) is 0 Å². The zero-order valence-electron chi connectivity index (χ0n) is 16.3. The van der Waals surface area contributed by atoms with Gasteiger partial charge >= 0.3 is 23.9 Å². The lowest BCUT2D eigenvalue weighted by molar-refractivity contribution is -0.141. The van der Waals surface area contributed by atoms with Gasteiger partial charge in [-0.15, -0.1) is 0 Å². The van der Waals surface area contributed by atoms with Crippen LogP contribution in [0.4, 0.5) is 0 Å². The van der Waals surface area contributed by atoms with E-state index in [1.54, 1.807) is 0 Å². The van der Waals surface area contributed by atoms with Crippen LogP contribution >= 0.6 is 0 Å². The monoisotopic (exact) mass is 390 g/mol. The molecule has 0 saturated carbocycles. The molecule has 0 aliphatic rings. The predicted octanol–water partition coefficient (Wildman–Crippen LogP) is 3.86. The van der Waals surface area contributed by atoms with Gasteiger partial charge in [-0.3, -0.25) is 19.2 Å². The van der Waals surface area contributed by atoms with Gasteiger partial charge in [-0.05, 0) is 25.7 Å². The first-order valence-corrected chi connectivity index (χ1v) is 9.51. The highest BCUT2D eigenvalue weighted by atomic mass is 16.5. The summed E-state index contributed by atoms with van der Waals surface area (Å²) in [5.74, 6) is -2.43. The van der Waals surface area contributed by atoms with Crippen molar-refractivity contribution in [1.29, 1.82) is 0 Å². The van der Waals surface area contributed by atoms with Crippen molar-refractivity contribution in [1.82, 2.24) is 0 Å². The Labute approximate surface area is 160 Å². The van der Waals surface area contributed by atoms with Gasteiger partial charge in [-0.2, -0.15) is 0 Å². The van der Waals surface area contributed by atoms with Crippen LogP contribution in [0, 0.1) is 0 Å². The molecule has 0 aromatic rings. The Balaban J connectivity index is 0. The maximum Gasteiger partial charge on any atom is 0.305 e. The average molecular weight is 390 g/mol. The van der Waals surface area contributed by atoms with Crippen LogP contribution < -0.4 is 0 Å². The Morgan fingerprint density at radius 3 is 1.04 bits per heavy atom. The smallest absolute Gasteiger partial charge is 0.305 e. The normalized spacial score (nSPS) is 9.81. The van der Waals surface area contributed by atoms with Crippen LogP contribution in [0.25, 0.3) is 0 Å². The van der Waals surface area contributed by atoms with Crippen molar-refractivity contribution in [2.45, 2.75) is 89.9 Å². The van der Waals surface area contributed by atoms with E-state index in [9.17, 15) is 19.2 Å². The van der Waals surface area contributed by atoms with Gasteiger partial charge in [0, 0.05) is 25.7 Å². The highest BCUT2D eigenvalue weighted by Crippen LogP contribution is 2.08. The molecule has 0 aromatic carbocycles. The van der Waals surface area contributed by atoms with Crippen LogP contribution in [0.2, 0.25) is 0 Å². The van der Waals surface area contributed by atoms with Gasteiger partial charge in [0.05, 0.1) is 7.11 Å². The second-order valence-corrected chi connectivity index (χ2v) is 6.29. The van der Waals surface area contributed by atoms with Gasteiger partial charge in [-0.1, -0.05) is 38.5 Å². The molecule has 0 atom stereocenters. The Morgan fingerprint density at radius 2 is 0.778 bits per heavy atom. The second-order valence-electron chi connectivity index (χ2n) is 6.29. The summed E-state index contributed by atoms with van der Waals surface area (Å²) in [6.45, 7) is 0. The number of hydrogen-bond acceptors (Lipinski definition) is 5. The largest absolute Gasteiger partial charge is 0.481 e. The maximum atomic E-state index is 10.6. The molecule has 0 heterocycles. The molecule has 0 unspecified atom stereocenters. The molecule has 0 aromatic heterocycles. The number of carboxylic acid groups (broad SMARTS) is 3. The molecular weight excluding hydrogens is 356 g/mol. The Hall–Kier alpha value is -2.12. The fourth-order valence-electron chi connectivity index (χ4n) is 2.26. The number of ether oxygens (including phenoxy) is 1. The van der Waals surface area contributed by atoms with Crippen molar-refractivity contribution in [3.8, 4) is 0 Å². The molecule has 0 aliphatic carbocycles. The molecule has 0 fully saturated rings.